The molecule has 0 aliphatic heterocycles. The minimum atomic E-state index is -0.825. The largest absolute Gasteiger partial charge is 0.490 e. The SMILES string of the molecule is CCC(CC(=O)O)Oc1ccc(C)cc1. The monoisotopic (exact) mass is 208 g/mol. The normalized spacial score (nSPS) is 12.1. The number of hydrogen-bond donors (Lipinski definition) is 1. The topological polar surface area (TPSA) is 46.5 Å². The van der Waals surface area contributed by atoms with Gasteiger partial charge in [-0.1, -0.05) is 24.6 Å². The van der Waals surface area contributed by atoms with Gasteiger partial charge in [0.15, 0.2) is 0 Å². The van der Waals surface area contributed by atoms with Gasteiger partial charge >= 0.3 is 5.97 Å². The molecule has 0 saturated carbocycles. The maximum Gasteiger partial charge on any atom is 0.307 e. The Bertz CT molecular complexity index is 316. The molecular weight excluding hydrogens is 192 g/mol. The van der Waals surface area contributed by atoms with Crippen molar-refractivity contribution in [2.75, 3.05) is 0 Å². The Morgan fingerprint density at radius 2 is 2.00 bits per heavy atom. The molecule has 1 rings (SSSR count). The van der Waals surface area contributed by atoms with Crippen molar-refractivity contribution in [3.63, 3.8) is 0 Å². The van der Waals surface area contributed by atoms with Crippen molar-refractivity contribution < 1.29 is 14.6 Å². The van der Waals surface area contributed by atoms with Crippen molar-refractivity contribution in [1.29, 1.82) is 0 Å². The Kier molecular flexibility index (Phi) is 4.16. The molecular formula is C12H16O3. The number of carboxylic acid groups (broad SMARTS) is 1. The summed E-state index contributed by atoms with van der Waals surface area (Å²) in [5, 5.41) is 8.66. The van der Waals surface area contributed by atoms with E-state index in [1.54, 1.807) is 0 Å². The van der Waals surface area contributed by atoms with E-state index in [1.165, 1.54) is 0 Å². The number of benzene rings is 1. The van der Waals surface area contributed by atoms with Crippen LogP contribution in [-0.4, -0.2) is 17.2 Å². The molecule has 0 spiro atoms. The summed E-state index contributed by atoms with van der Waals surface area (Å²) in [4.78, 5) is 10.5. The lowest BCUT2D eigenvalue weighted by atomic mass is 10.2. The first-order chi connectivity index (χ1) is 7.11. The van der Waals surface area contributed by atoms with E-state index in [0.29, 0.717) is 6.42 Å². The Balaban J connectivity index is 2.58. The van der Waals surface area contributed by atoms with Crippen LogP contribution in [0.15, 0.2) is 24.3 Å². The molecule has 1 unspecified atom stereocenters. The summed E-state index contributed by atoms with van der Waals surface area (Å²) < 4.78 is 5.55. The van der Waals surface area contributed by atoms with Gasteiger partial charge in [0.25, 0.3) is 0 Å². The van der Waals surface area contributed by atoms with Gasteiger partial charge in [0.05, 0.1) is 6.42 Å². The fourth-order valence-corrected chi connectivity index (χ4v) is 1.27. The summed E-state index contributed by atoms with van der Waals surface area (Å²) in [6, 6.07) is 7.62. The lowest BCUT2D eigenvalue weighted by molar-refractivity contribution is -0.138. The van der Waals surface area contributed by atoms with E-state index >= 15 is 0 Å². The zero-order valence-corrected chi connectivity index (χ0v) is 9.06. The molecule has 1 atom stereocenters. The van der Waals surface area contributed by atoms with E-state index in [1.807, 2.05) is 38.1 Å². The van der Waals surface area contributed by atoms with Gasteiger partial charge in [0.1, 0.15) is 11.9 Å². The third-order valence-corrected chi connectivity index (χ3v) is 2.18. The minimum Gasteiger partial charge on any atom is -0.490 e. The summed E-state index contributed by atoms with van der Waals surface area (Å²) >= 11 is 0. The second-order valence-electron chi connectivity index (χ2n) is 3.56. The maximum absolute atomic E-state index is 10.5. The Morgan fingerprint density at radius 1 is 1.40 bits per heavy atom. The summed E-state index contributed by atoms with van der Waals surface area (Å²) in [5.41, 5.74) is 1.16. The molecule has 1 N–H and O–H groups in total. The van der Waals surface area contributed by atoms with Crippen molar-refractivity contribution in [3.8, 4) is 5.75 Å². The maximum atomic E-state index is 10.5. The van der Waals surface area contributed by atoms with Crippen molar-refractivity contribution >= 4 is 5.97 Å². The second-order valence-corrected chi connectivity index (χ2v) is 3.56. The van der Waals surface area contributed by atoms with Crippen LogP contribution in [0.1, 0.15) is 25.3 Å². The van der Waals surface area contributed by atoms with Crippen LogP contribution >= 0.6 is 0 Å². The second kappa shape index (κ2) is 5.39. The van der Waals surface area contributed by atoms with Crippen LogP contribution in [0.5, 0.6) is 5.75 Å². The fourth-order valence-electron chi connectivity index (χ4n) is 1.27. The van der Waals surface area contributed by atoms with Gasteiger partial charge in [-0.15, -0.1) is 0 Å². The highest BCUT2D eigenvalue weighted by Gasteiger charge is 2.12. The average molecular weight is 208 g/mol. The molecule has 15 heavy (non-hydrogen) atoms. The third kappa shape index (κ3) is 4.02. The van der Waals surface area contributed by atoms with Gasteiger partial charge in [-0.3, -0.25) is 4.79 Å². The number of rotatable bonds is 5. The van der Waals surface area contributed by atoms with Crippen LogP contribution in [-0.2, 0) is 4.79 Å². The van der Waals surface area contributed by atoms with E-state index in [-0.39, 0.29) is 12.5 Å². The number of ether oxygens (including phenoxy) is 1. The standard InChI is InChI=1S/C12H16O3/c1-3-10(8-12(13)14)15-11-6-4-9(2)5-7-11/h4-7,10H,3,8H2,1-2H3,(H,13,14). The molecule has 0 aliphatic rings. The van der Waals surface area contributed by atoms with Crippen LogP contribution in [0.4, 0.5) is 0 Å². The number of aliphatic carboxylic acids is 1. The van der Waals surface area contributed by atoms with Crippen molar-refractivity contribution in [3.05, 3.63) is 29.8 Å². The van der Waals surface area contributed by atoms with Crippen molar-refractivity contribution in [2.24, 2.45) is 0 Å². The minimum absolute atomic E-state index is 0.0460. The predicted octanol–water partition coefficient (Wildman–Crippen LogP) is 2.63. The Morgan fingerprint density at radius 3 is 2.47 bits per heavy atom. The number of aryl methyl sites for hydroxylation is 1. The predicted molar refractivity (Wildman–Crippen MR) is 58.1 cm³/mol. The summed E-state index contributed by atoms with van der Waals surface area (Å²) in [7, 11) is 0. The van der Waals surface area contributed by atoms with E-state index in [2.05, 4.69) is 0 Å². The molecule has 0 aromatic heterocycles. The molecule has 0 aliphatic carbocycles. The lowest BCUT2D eigenvalue weighted by Gasteiger charge is -2.15. The van der Waals surface area contributed by atoms with Crippen LogP contribution < -0.4 is 4.74 Å². The zero-order valence-electron chi connectivity index (χ0n) is 9.06. The quantitative estimate of drug-likeness (QED) is 0.809. The highest BCUT2D eigenvalue weighted by molar-refractivity contribution is 5.67. The highest BCUT2D eigenvalue weighted by atomic mass is 16.5. The van der Waals surface area contributed by atoms with Crippen molar-refractivity contribution in [2.45, 2.75) is 32.8 Å². The van der Waals surface area contributed by atoms with Crippen LogP contribution in [0.25, 0.3) is 0 Å². The molecule has 1 aromatic carbocycles. The first-order valence-electron chi connectivity index (χ1n) is 5.07. The molecule has 3 nitrogen and oxygen atoms in total. The van der Waals surface area contributed by atoms with E-state index in [9.17, 15) is 4.79 Å². The van der Waals surface area contributed by atoms with Crippen LogP contribution in [0.2, 0.25) is 0 Å². The molecule has 3 heteroatoms. The molecule has 0 bridgehead atoms. The number of hydrogen-bond acceptors (Lipinski definition) is 2. The number of carboxylic acids is 1. The van der Waals surface area contributed by atoms with Gasteiger partial charge < -0.3 is 9.84 Å². The van der Waals surface area contributed by atoms with Crippen molar-refractivity contribution in [1.82, 2.24) is 0 Å². The molecule has 0 heterocycles. The average Bonchev–Trinajstić information content (AvgIpc) is 2.19. The van der Waals surface area contributed by atoms with Gasteiger partial charge in [-0.2, -0.15) is 0 Å². The summed E-state index contributed by atoms with van der Waals surface area (Å²) in [6.07, 6.45) is 0.495. The first-order valence-corrected chi connectivity index (χ1v) is 5.07. The molecule has 0 saturated heterocycles. The van der Waals surface area contributed by atoms with Gasteiger partial charge in [0.2, 0.25) is 0 Å². The van der Waals surface area contributed by atoms with Crippen LogP contribution in [0.3, 0.4) is 0 Å². The smallest absolute Gasteiger partial charge is 0.307 e. The first kappa shape index (κ1) is 11.6. The summed E-state index contributed by atoms with van der Waals surface area (Å²) in [6.45, 7) is 3.92. The lowest BCUT2D eigenvalue weighted by Crippen LogP contribution is -2.19. The van der Waals surface area contributed by atoms with E-state index in [4.69, 9.17) is 9.84 Å². The number of carbonyl (C=O) groups is 1. The molecule has 82 valence electrons. The summed E-state index contributed by atoms with van der Waals surface area (Å²) in [5.74, 6) is -0.0948. The molecule has 1 aromatic rings. The molecule has 0 amide bonds. The highest BCUT2D eigenvalue weighted by Crippen LogP contribution is 2.15. The Hall–Kier alpha value is -1.51. The molecule has 0 radical (unpaired) electrons. The van der Waals surface area contributed by atoms with Gasteiger partial charge in [-0.25, -0.2) is 0 Å². The Labute approximate surface area is 89.7 Å². The zero-order chi connectivity index (χ0) is 11.3. The molecule has 0 fully saturated rings. The third-order valence-electron chi connectivity index (χ3n) is 2.18. The van der Waals surface area contributed by atoms with E-state index in [0.717, 1.165) is 11.3 Å². The van der Waals surface area contributed by atoms with Gasteiger partial charge in [0, 0.05) is 0 Å². The van der Waals surface area contributed by atoms with Crippen LogP contribution in [0, 0.1) is 6.92 Å². The fraction of sp³-hybridized carbons (Fsp3) is 0.417. The van der Waals surface area contributed by atoms with Gasteiger partial charge in [-0.05, 0) is 25.5 Å². The van der Waals surface area contributed by atoms with E-state index < -0.39 is 5.97 Å².